The number of benzene rings is 1. The summed E-state index contributed by atoms with van der Waals surface area (Å²) < 4.78 is 15.7. The minimum Gasteiger partial charge on any atom is -0.394 e. The van der Waals surface area contributed by atoms with Crippen molar-refractivity contribution in [2.75, 3.05) is 5.73 Å². The van der Waals surface area contributed by atoms with Crippen molar-refractivity contribution in [2.45, 2.75) is 6.54 Å². The molecule has 0 fully saturated rings. The van der Waals surface area contributed by atoms with Crippen molar-refractivity contribution in [3.05, 3.63) is 62.2 Å². The van der Waals surface area contributed by atoms with E-state index in [-0.39, 0.29) is 23.2 Å². The van der Waals surface area contributed by atoms with Gasteiger partial charge in [-0.05, 0) is 28.1 Å². The first-order valence-electron chi connectivity index (χ1n) is 5.35. The molecule has 19 heavy (non-hydrogen) atoms. The second-order valence-electron chi connectivity index (χ2n) is 3.98. The van der Waals surface area contributed by atoms with Gasteiger partial charge in [0, 0.05) is 18.0 Å². The molecule has 1 heterocycles. The fourth-order valence-corrected chi connectivity index (χ4v) is 2.14. The predicted molar refractivity (Wildman–Crippen MR) is 73.0 cm³/mol. The van der Waals surface area contributed by atoms with Gasteiger partial charge in [0.2, 0.25) is 5.43 Å². The summed E-state index contributed by atoms with van der Waals surface area (Å²) in [5.74, 6) is -0.465. The Balaban J connectivity index is 2.37. The van der Waals surface area contributed by atoms with E-state index in [2.05, 4.69) is 15.9 Å². The summed E-state index contributed by atoms with van der Waals surface area (Å²) in [4.78, 5) is 11.4. The van der Waals surface area contributed by atoms with Crippen LogP contribution in [0, 0.1) is 17.1 Å². The van der Waals surface area contributed by atoms with Crippen molar-refractivity contribution in [1.29, 1.82) is 5.26 Å². The molecule has 0 atom stereocenters. The highest BCUT2D eigenvalue weighted by atomic mass is 79.9. The Labute approximate surface area is 117 Å². The zero-order valence-corrected chi connectivity index (χ0v) is 11.3. The van der Waals surface area contributed by atoms with Crippen molar-refractivity contribution in [1.82, 2.24) is 4.57 Å². The minimum absolute atomic E-state index is 0.0865. The Hall–Kier alpha value is -2.13. The fraction of sp³-hybridized carbons (Fsp3) is 0.0769. The Morgan fingerprint density at radius 3 is 2.74 bits per heavy atom. The molecule has 0 spiro atoms. The van der Waals surface area contributed by atoms with E-state index in [1.807, 2.05) is 6.07 Å². The van der Waals surface area contributed by atoms with Crippen LogP contribution in [-0.2, 0) is 6.54 Å². The molecule has 0 radical (unpaired) electrons. The third kappa shape index (κ3) is 2.83. The highest BCUT2D eigenvalue weighted by Crippen LogP contribution is 2.13. The quantitative estimate of drug-likeness (QED) is 0.922. The number of nitrogens with zero attached hydrogens (tertiary/aromatic N) is 2. The standard InChI is InChI=1S/C13H9BrFN3O/c14-10-6-18(7-12(17)13(10)19)5-9-2-1-8(4-16)3-11(9)15/h1-3,6-7H,5,17H2. The smallest absolute Gasteiger partial charge is 0.218 e. The van der Waals surface area contributed by atoms with Gasteiger partial charge in [-0.25, -0.2) is 4.39 Å². The highest BCUT2D eigenvalue weighted by Gasteiger charge is 2.07. The molecule has 96 valence electrons. The van der Waals surface area contributed by atoms with Gasteiger partial charge in [-0.15, -0.1) is 0 Å². The van der Waals surface area contributed by atoms with Crippen LogP contribution < -0.4 is 11.2 Å². The fourth-order valence-electron chi connectivity index (χ4n) is 1.65. The minimum atomic E-state index is -0.465. The van der Waals surface area contributed by atoms with Gasteiger partial charge in [-0.1, -0.05) is 6.07 Å². The molecular formula is C13H9BrFN3O. The molecule has 0 aliphatic rings. The molecule has 2 N–H and O–H groups in total. The number of hydrogen-bond donors (Lipinski definition) is 1. The zero-order chi connectivity index (χ0) is 14.0. The largest absolute Gasteiger partial charge is 0.394 e. The Morgan fingerprint density at radius 2 is 2.16 bits per heavy atom. The van der Waals surface area contributed by atoms with Crippen molar-refractivity contribution >= 4 is 21.6 Å². The molecule has 0 amide bonds. The van der Waals surface area contributed by atoms with Gasteiger partial charge in [0.05, 0.1) is 28.3 Å². The van der Waals surface area contributed by atoms with Gasteiger partial charge in [-0.2, -0.15) is 5.26 Å². The number of aromatic nitrogens is 1. The number of anilines is 1. The number of halogens is 2. The van der Waals surface area contributed by atoms with Crippen LogP contribution in [-0.4, -0.2) is 4.57 Å². The van der Waals surface area contributed by atoms with Crippen molar-refractivity contribution in [3.8, 4) is 6.07 Å². The lowest BCUT2D eigenvalue weighted by Gasteiger charge is -2.09. The maximum atomic E-state index is 13.7. The molecule has 6 heteroatoms. The Kier molecular flexibility index (Phi) is 3.67. The van der Waals surface area contributed by atoms with Gasteiger partial charge in [0.25, 0.3) is 0 Å². The molecule has 2 rings (SSSR count). The number of nitrogens with two attached hydrogens (primary N) is 1. The van der Waals surface area contributed by atoms with Crippen LogP contribution in [0.1, 0.15) is 11.1 Å². The molecule has 1 aromatic carbocycles. The summed E-state index contributed by atoms with van der Waals surface area (Å²) in [5.41, 5.74) is 6.03. The van der Waals surface area contributed by atoms with E-state index in [9.17, 15) is 9.18 Å². The van der Waals surface area contributed by atoms with Crippen molar-refractivity contribution in [2.24, 2.45) is 0 Å². The Bertz CT molecular complexity index is 707. The maximum Gasteiger partial charge on any atom is 0.218 e. The molecule has 1 aromatic heterocycles. The number of hydrogen-bond acceptors (Lipinski definition) is 3. The van der Waals surface area contributed by atoms with Crippen LogP contribution in [0.15, 0.2) is 39.9 Å². The van der Waals surface area contributed by atoms with Crippen LogP contribution in [0.3, 0.4) is 0 Å². The monoisotopic (exact) mass is 321 g/mol. The average molecular weight is 322 g/mol. The second kappa shape index (κ2) is 5.24. The summed E-state index contributed by atoms with van der Waals surface area (Å²) in [6.45, 7) is 0.223. The van der Waals surface area contributed by atoms with Crippen molar-refractivity contribution in [3.63, 3.8) is 0 Å². The van der Waals surface area contributed by atoms with E-state index in [0.29, 0.717) is 10.0 Å². The van der Waals surface area contributed by atoms with Gasteiger partial charge < -0.3 is 10.3 Å². The summed E-state index contributed by atoms with van der Waals surface area (Å²) in [6.07, 6.45) is 2.99. The van der Waals surface area contributed by atoms with Gasteiger partial charge in [0.1, 0.15) is 5.82 Å². The maximum absolute atomic E-state index is 13.7. The SMILES string of the molecule is N#Cc1ccc(Cn2cc(N)c(=O)c(Br)c2)c(F)c1. The van der Waals surface area contributed by atoms with E-state index >= 15 is 0 Å². The topological polar surface area (TPSA) is 71.8 Å². The third-order valence-electron chi connectivity index (χ3n) is 2.60. The summed E-state index contributed by atoms with van der Waals surface area (Å²) in [7, 11) is 0. The van der Waals surface area contributed by atoms with E-state index in [1.165, 1.54) is 24.5 Å². The summed E-state index contributed by atoms with van der Waals surface area (Å²) in [6, 6.07) is 6.12. The molecule has 0 saturated heterocycles. The highest BCUT2D eigenvalue weighted by molar-refractivity contribution is 9.10. The first kappa shape index (κ1) is 13.3. The summed E-state index contributed by atoms with van der Waals surface area (Å²) >= 11 is 3.10. The van der Waals surface area contributed by atoms with Crippen LogP contribution in [0.2, 0.25) is 0 Å². The lowest BCUT2D eigenvalue weighted by molar-refractivity contribution is 0.598. The van der Waals surface area contributed by atoms with Gasteiger partial charge in [-0.3, -0.25) is 4.79 Å². The predicted octanol–water partition coefficient (Wildman–Crippen LogP) is 2.25. The first-order chi connectivity index (χ1) is 9.01. The summed E-state index contributed by atoms with van der Waals surface area (Å²) in [5, 5.41) is 8.67. The third-order valence-corrected chi connectivity index (χ3v) is 3.16. The average Bonchev–Trinajstić information content (AvgIpc) is 2.38. The van der Waals surface area contributed by atoms with Crippen LogP contribution in [0.25, 0.3) is 0 Å². The molecular weight excluding hydrogens is 313 g/mol. The molecule has 0 aliphatic carbocycles. The van der Waals surface area contributed by atoms with Crippen LogP contribution >= 0.6 is 15.9 Å². The molecule has 0 bridgehead atoms. The van der Waals surface area contributed by atoms with E-state index in [4.69, 9.17) is 11.0 Å². The molecule has 4 nitrogen and oxygen atoms in total. The number of nitriles is 1. The van der Waals surface area contributed by atoms with E-state index in [1.54, 1.807) is 10.6 Å². The second-order valence-corrected chi connectivity index (χ2v) is 4.84. The number of nitrogen functional groups attached to an aromatic ring is 1. The van der Waals surface area contributed by atoms with Crippen molar-refractivity contribution < 1.29 is 4.39 Å². The normalized spacial score (nSPS) is 10.2. The first-order valence-corrected chi connectivity index (χ1v) is 6.14. The van der Waals surface area contributed by atoms with E-state index in [0.717, 1.165) is 0 Å². The lowest BCUT2D eigenvalue weighted by Crippen LogP contribution is -2.14. The molecule has 0 aliphatic heterocycles. The number of rotatable bonds is 2. The van der Waals surface area contributed by atoms with Gasteiger partial charge >= 0.3 is 0 Å². The molecule has 2 aromatic rings. The zero-order valence-electron chi connectivity index (χ0n) is 9.73. The van der Waals surface area contributed by atoms with Gasteiger partial charge in [0.15, 0.2) is 0 Å². The van der Waals surface area contributed by atoms with Crippen LogP contribution in [0.5, 0.6) is 0 Å². The van der Waals surface area contributed by atoms with Crippen LogP contribution in [0.4, 0.5) is 10.1 Å². The lowest BCUT2D eigenvalue weighted by atomic mass is 10.1. The molecule has 0 saturated carbocycles. The Morgan fingerprint density at radius 1 is 1.42 bits per heavy atom. The number of pyridine rings is 1. The molecule has 0 unspecified atom stereocenters. The van der Waals surface area contributed by atoms with E-state index < -0.39 is 5.82 Å².